The summed E-state index contributed by atoms with van der Waals surface area (Å²) in [5, 5.41) is 3.25. The lowest BCUT2D eigenvalue weighted by Gasteiger charge is -2.07. The van der Waals surface area contributed by atoms with Crippen LogP contribution in [0.1, 0.15) is 31.4 Å². The Morgan fingerprint density at radius 3 is 2.72 bits per heavy atom. The first kappa shape index (κ1) is 17.0. The van der Waals surface area contributed by atoms with E-state index in [0.717, 1.165) is 4.88 Å². The van der Waals surface area contributed by atoms with Gasteiger partial charge in [-0.2, -0.15) is 0 Å². The van der Waals surface area contributed by atoms with Crippen molar-refractivity contribution >= 4 is 33.9 Å². The second kappa shape index (κ2) is 6.56. The van der Waals surface area contributed by atoms with Crippen LogP contribution in [0, 0.1) is 13.8 Å². The molecule has 3 rings (SSSR count). The number of aromatic nitrogens is 2. The first-order valence-corrected chi connectivity index (χ1v) is 8.29. The van der Waals surface area contributed by atoms with Gasteiger partial charge in [0.25, 0.3) is 5.91 Å². The number of hydrogen-bond donors (Lipinski definition) is 1. The molecule has 8 heteroatoms. The summed E-state index contributed by atoms with van der Waals surface area (Å²) in [6, 6.07) is 5.25. The summed E-state index contributed by atoms with van der Waals surface area (Å²) < 4.78 is 11.7. The molecule has 25 heavy (non-hydrogen) atoms. The van der Waals surface area contributed by atoms with Crippen LogP contribution < -0.4 is 10.1 Å². The molecule has 0 unspecified atom stereocenters. The second-order valence-corrected chi connectivity index (χ2v) is 6.62. The van der Waals surface area contributed by atoms with E-state index in [9.17, 15) is 9.59 Å². The number of aryl methyl sites for hydroxylation is 2. The van der Waals surface area contributed by atoms with Crippen LogP contribution in [0.2, 0.25) is 0 Å². The maximum Gasteiger partial charge on any atom is 0.340 e. The molecule has 0 aromatic carbocycles. The van der Waals surface area contributed by atoms with Gasteiger partial charge >= 0.3 is 5.97 Å². The fourth-order valence-electron chi connectivity index (χ4n) is 2.62. The number of nitrogens with zero attached hydrogens (tertiary/aromatic N) is 2. The molecule has 7 nitrogen and oxygen atoms in total. The number of carbonyl (C=O) groups excluding carboxylic acids is 2. The Bertz CT molecular complexity index is 974. The third kappa shape index (κ3) is 2.96. The number of anilines is 1. The largest absolute Gasteiger partial charge is 0.493 e. The number of esters is 1. The Morgan fingerprint density at radius 2 is 2.04 bits per heavy atom. The summed E-state index contributed by atoms with van der Waals surface area (Å²) in [6.45, 7) is 3.61. The van der Waals surface area contributed by atoms with Gasteiger partial charge in [0.05, 0.1) is 25.5 Å². The predicted molar refractivity (Wildman–Crippen MR) is 94.8 cm³/mol. The summed E-state index contributed by atoms with van der Waals surface area (Å²) in [7, 11) is 2.86. The second-order valence-electron chi connectivity index (χ2n) is 5.36. The average Bonchev–Trinajstić information content (AvgIpc) is 3.12. The fourth-order valence-corrected chi connectivity index (χ4v) is 3.51. The van der Waals surface area contributed by atoms with E-state index in [2.05, 4.69) is 10.3 Å². The molecule has 1 N–H and O–H groups in total. The molecule has 0 fully saturated rings. The lowest BCUT2D eigenvalue weighted by atomic mass is 10.2. The standard InChI is InChI=1S/C17H17N3O4S/c1-9-8-11(17(22)24-4)16(25-9)19-15(21)13-10(2)18-14-12(23-3)6-5-7-20(13)14/h5-8H,1-4H3,(H,19,21). The monoisotopic (exact) mass is 359 g/mol. The van der Waals surface area contributed by atoms with Gasteiger partial charge in [-0.25, -0.2) is 9.78 Å². The normalized spacial score (nSPS) is 10.7. The molecule has 0 aliphatic heterocycles. The van der Waals surface area contributed by atoms with Gasteiger partial charge in [-0.3, -0.25) is 9.20 Å². The minimum absolute atomic E-state index is 0.336. The molecular formula is C17H17N3O4S. The van der Waals surface area contributed by atoms with E-state index in [-0.39, 0.29) is 5.91 Å². The van der Waals surface area contributed by atoms with Gasteiger partial charge in [-0.05, 0) is 32.0 Å². The van der Waals surface area contributed by atoms with Crippen LogP contribution in [0.3, 0.4) is 0 Å². The summed E-state index contributed by atoms with van der Waals surface area (Å²) in [4.78, 5) is 30.0. The van der Waals surface area contributed by atoms with Crippen LogP contribution in [-0.4, -0.2) is 35.5 Å². The minimum Gasteiger partial charge on any atom is -0.493 e. The third-order valence-corrected chi connectivity index (χ3v) is 4.68. The highest BCUT2D eigenvalue weighted by atomic mass is 32.1. The Morgan fingerprint density at radius 1 is 1.28 bits per heavy atom. The number of amides is 1. The topological polar surface area (TPSA) is 81.9 Å². The molecule has 0 aliphatic carbocycles. The lowest BCUT2D eigenvalue weighted by molar-refractivity contribution is 0.0602. The van der Waals surface area contributed by atoms with Crippen molar-refractivity contribution in [3.8, 4) is 5.75 Å². The van der Waals surface area contributed by atoms with Crippen LogP contribution in [0.25, 0.3) is 5.65 Å². The van der Waals surface area contributed by atoms with Crippen molar-refractivity contribution in [2.45, 2.75) is 13.8 Å². The Balaban J connectivity index is 2.02. The van der Waals surface area contributed by atoms with Crippen LogP contribution in [0.4, 0.5) is 5.00 Å². The zero-order chi connectivity index (χ0) is 18.1. The van der Waals surface area contributed by atoms with Gasteiger partial charge in [0, 0.05) is 11.1 Å². The lowest BCUT2D eigenvalue weighted by Crippen LogP contribution is -2.16. The molecule has 0 saturated heterocycles. The van der Waals surface area contributed by atoms with Gasteiger partial charge in [0.15, 0.2) is 11.4 Å². The molecule has 0 aliphatic rings. The van der Waals surface area contributed by atoms with E-state index in [1.807, 2.05) is 6.92 Å². The van der Waals surface area contributed by atoms with E-state index in [1.54, 1.807) is 42.8 Å². The number of rotatable bonds is 4. The van der Waals surface area contributed by atoms with Crippen molar-refractivity contribution < 1.29 is 19.1 Å². The zero-order valence-corrected chi connectivity index (χ0v) is 15.1. The summed E-state index contributed by atoms with van der Waals surface area (Å²) in [5.74, 6) is -0.270. The molecular weight excluding hydrogens is 342 g/mol. The molecule has 3 aromatic heterocycles. The minimum atomic E-state index is -0.490. The van der Waals surface area contributed by atoms with Crippen molar-refractivity contribution in [1.29, 1.82) is 0 Å². The molecule has 0 bridgehead atoms. The van der Waals surface area contributed by atoms with E-state index in [0.29, 0.717) is 33.3 Å². The fraction of sp³-hybridized carbons (Fsp3) is 0.235. The Labute approximate surface area is 148 Å². The molecule has 1 amide bonds. The number of pyridine rings is 1. The number of methoxy groups -OCH3 is 2. The summed E-state index contributed by atoms with van der Waals surface area (Å²) in [6.07, 6.45) is 1.74. The van der Waals surface area contributed by atoms with Crippen LogP contribution in [0.15, 0.2) is 24.4 Å². The quantitative estimate of drug-likeness (QED) is 0.724. The number of fused-ring (bicyclic) bond motifs is 1. The van der Waals surface area contributed by atoms with Gasteiger partial charge in [-0.1, -0.05) is 0 Å². The van der Waals surface area contributed by atoms with Gasteiger partial charge in [-0.15, -0.1) is 11.3 Å². The number of ether oxygens (including phenoxy) is 2. The summed E-state index contributed by atoms with van der Waals surface area (Å²) in [5.41, 5.74) is 1.84. The number of carbonyl (C=O) groups is 2. The van der Waals surface area contributed by atoms with Crippen molar-refractivity contribution in [3.63, 3.8) is 0 Å². The number of hydrogen-bond acceptors (Lipinski definition) is 6. The highest BCUT2D eigenvalue weighted by Gasteiger charge is 2.22. The van der Waals surface area contributed by atoms with E-state index in [1.165, 1.54) is 18.4 Å². The SMILES string of the molecule is COC(=O)c1cc(C)sc1NC(=O)c1c(C)nc2c(OC)cccn12. The maximum absolute atomic E-state index is 12.8. The van der Waals surface area contributed by atoms with Crippen LogP contribution >= 0.6 is 11.3 Å². The molecule has 0 radical (unpaired) electrons. The molecule has 0 saturated carbocycles. The van der Waals surface area contributed by atoms with Crippen molar-refractivity contribution in [3.05, 3.63) is 46.2 Å². The molecule has 130 valence electrons. The molecule has 3 aromatic rings. The van der Waals surface area contributed by atoms with Gasteiger partial charge in [0.2, 0.25) is 0 Å². The Hall–Kier alpha value is -2.87. The van der Waals surface area contributed by atoms with Crippen molar-refractivity contribution in [2.75, 3.05) is 19.5 Å². The first-order valence-electron chi connectivity index (χ1n) is 7.48. The van der Waals surface area contributed by atoms with Gasteiger partial charge in [0.1, 0.15) is 10.7 Å². The highest BCUT2D eigenvalue weighted by molar-refractivity contribution is 7.16. The molecule has 0 spiro atoms. The molecule has 0 atom stereocenters. The van der Waals surface area contributed by atoms with Crippen LogP contribution in [-0.2, 0) is 4.74 Å². The first-order chi connectivity index (χ1) is 12.0. The molecule has 3 heterocycles. The van der Waals surface area contributed by atoms with Crippen LogP contribution in [0.5, 0.6) is 5.75 Å². The van der Waals surface area contributed by atoms with E-state index < -0.39 is 5.97 Å². The van der Waals surface area contributed by atoms with E-state index >= 15 is 0 Å². The van der Waals surface area contributed by atoms with Gasteiger partial charge < -0.3 is 14.8 Å². The Kier molecular flexibility index (Phi) is 4.45. The number of nitrogens with one attached hydrogen (secondary N) is 1. The van der Waals surface area contributed by atoms with E-state index in [4.69, 9.17) is 9.47 Å². The zero-order valence-electron chi connectivity index (χ0n) is 14.2. The number of thiophene rings is 1. The smallest absolute Gasteiger partial charge is 0.340 e. The maximum atomic E-state index is 12.8. The highest BCUT2D eigenvalue weighted by Crippen LogP contribution is 2.29. The van der Waals surface area contributed by atoms with Crippen molar-refractivity contribution in [2.24, 2.45) is 0 Å². The third-order valence-electron chi connectivity index (χ3n) is 3.71. The predicted octanol–water partition coefficient (Wildman–Crippen LogP) is 3.06. The number of imidazole rings is 1. The average molecular weight is 359 g/mol. The van der Waals surface area contributed by atoms with Crippen molar-refractivity contribution in [1.82, 2.24) is 9.38 Å². The summed E-state index contributed by atoms with van der Waals surface area (Å²) >= 11 is 1.32.